The Morgan fingerprint density at radius 3 is 2.72 bits per heavy atom. The number of carbonyl (C=O) groups excluding carboxylic acids is 1. The van der Waals surface area contributed by atoms with Gasteiger partial charge in [0.15, 0.2) is 11.5 Å². The van der Waals surface area contributed by atoms with Gasteiger partial charge in [0.05, 0.1) is 30.8 Å². The minimum absolute atomic E-state index is 0.200. The predicted molar refractivity (Wildman–Crippen MR) is 108 cm³/mol. The number of aromatic amines is 1. The summed E-state index contributed by atoms with van der Waals surface area (Å²) in [7, 11) is 0. The minimum atomic E-state index is -0.200. The standard InChI is InChI=1S/C21H22N4O4/c26-21(14-1-4-18-19(11-14)29-10-9-28-18)22-15-2-3-16-17(12-15)24-20(23-16)13-25-5-7-27-8-6-25/h1-4,11-12H,5-10,13H2,(H,22,26)(H,23,24). The fraction of sp³-hybridized carbons (Fsp3) is 0.333. The molecule has 2 aliphatic rings. The molecule has 0 radical (unpaired) electrons. The van der Waals surface area contributed by atoms with Crippen LogP contribution in [0.25, 0.3) is 11.0 Å². The molecule has 0 spiro atoms. The third-order valence-electron chi connectivity index (χ3n) is 5.07. The summed E-state index contributed by atoms with van der Waals surface area (Å²) < 4.78 is 16.4. The molecule has 2 aromatic carbocycles. The van der Waals surface area contributed by atoms with Gasteiger partial charge in [-0.2, -0.15) is 0 Å². The molecule has 0 unspecified atom stereocenters. The Hall–Kier alpha value is -3.10. The number of ether oxygens (including phenoxy) is 3. The first kappa shape index (κ1) is 18.0. The third-order valence-corrected chi connectivity index (χ3v) is 5.07. The smallest absolute Gasteiger partial charge is 0.255 e. The normalized spacial score (nSPS) is 16.7. The van der Waals surface area contributed by atoms with Crippen molar-refractivity contribution in [2.75, 3.05) is 44.8 Å². The highest BCUT2D eigenvalue weighted by atomic mass is 16.6. The van der Waals surface area contributed by atoms with E-state index in [1.165, 1.54) is 0 Å². The molecule has 8 heteroatoms. The van der Waals surface area contributed by atoms with Crippen molar-refractivity contribution < 1.29 is 19.0 Å². The SMILES string of the molecule is O=C(Nc1ccc2nc(CN3CCOCC3)[nH]c2c1)c1ccc2c(c1)OCCO2. The molecule has 8 nitrogen and oxygen atoms in total. The van der Waals surface area contributed by atoms with Crippen molar-refractivity contribution in [2.24, 2.45) is 0 Å². The highest BCUT2D eigenvalue weighted by Crippen LogP contribution is 2.31. The van der Waals surface area contributed by atoms with Gasteiger partial charge in [-0.15, -0.1) is 0 Å². The van der Waals surface area contributed by atoms with Crippen molar-refractivity contribution in [1.82, 2.24) is 14.9 Å². The molecular formula is C21H22N4O4. The Morgan fingerprint density at radius 1 is 1.03 bits per heavy atom. The zero-order valence-corrected chi connectivity index (χ0v) is 15.9. The molecule has 1 saturated heterocycles. The van der Waals surface area contributed by atoms with Crippen LogP contribution in [-0.2, 0) is 11.3 Å². The number of nitrogens with one attached hydrogen (secondary N) is 2. The molecule has 0 saturated carbocycles. The number of imidazole rings is 1. The first-order valence-corrected chi connectivity index (χ1v) is 9.74. The Kier molecular flexibility index (Phi) is 4.79. The first-order chi connectivity index (χ1) is 14.2. The molecular weight excluding hydrogens is 372 g/mol. The molecule has 2 aliphatic heterocycles. The Labute approximate surface area is 167 Å². The van der Waals surface area contributed by atoms with E-state index in [2.05, 4.69) is 20.2 Å². The Morgan fingerprint density at radius 2 is 1.86 bits per heavy atom. The number of nitrogens with zero attached hydrogens (tertiary/aromatic N) is 2. The van der Waals surface area contributed by atoms with Gasteiger partial charge in [-0.25, -0.2) is 4.98 Å². The fourth-order valence-corrected chi connectivity index (χ4v) is 3.57. The largest absolute Gasteiger partial charge is 0.486 e. The van der Waals surface area contributed by atoms with Gasteiger partial charge in [0, 0.05) is 24.3 Å². The van der Waals surface area contributed by atoms with Crippen LogP contribution in [0.3, 0.4) is 0 Å². The van der Waals surface area contributed by atoms with E-state index in [-0.39, 0.29) is 5.91 Å². The molecule has 1 fully saturated rings. The molecule has 3 aromatic rings. The highest BCUT2D eigenvalue weighted by Gasteiger charge is 2.16. The van der Waals surface area contributed by atoms with Gasteiger partial charge in [0.1, 0.15) is 19.0 Å². The van der Waals surface area contributed by atoms with Gasteiger partial charge in [0.2, 0.25) is 0 Å². The number of H-pyrrole nitrogens is 1. The number of hydrogen-bond donors (Lipinski definition) is 2. The number of carbonyl (C=O) groups is 1. The van der Waals surface area contributed by atoms with Crippen LogP contribution in [0.2, 0.25) is 0 Å². The topological polar surface area (TPSA) is 88.7 Å². The summed E-state index contributed by atoms with van der Waals surface area (Å²) >= 11 is 0. The second kappa shape index (κ2) is 7.73. The molecule has 0 bridgehead atoms. The maximum absolute atomic E-state index is 12.7. The Bertz CT molecular complexity index is 1040. The van der Waals surface area contributed by atoms with Crippen molar-refractivity contribution in [2.45, 2.75) is 6.54 Å². The molecule has 0 aliphatic carbocycles. The zero-order chi connectivity index (χ0) is 19.6. The molecule has 5 rings (SSSR count). The van der Waals surface area contributed by atoms with Crippen molar-refractivity contribution in [1.29, 1.82) is 0 Å². The molecule has 3 heterocycles. The molecule has 2 N–H and O–H groups in total. The molecule has 1 amide bonds. The lowest BCUT2D eigenvalue weighted by Gasteiger charge is -2.25. The molecule has 150 valence electrons. The second-order valence-corrected chi connectivity index (χ2v) is 7.12. The average Bonchev–Trinajstić information content (AvgIpc) is 3.15. The van der Waals surface area contributed by atoms with Gasteiger partial charge in [-0.3, -0.25) is 9.69 Å². The van der Waals surface area contributed by atoms with Crippen LogP contribution in [0.1, 0.15) is 16.2 Å². The van der Waals surface area contributed by atoms with Crippen molar-refractivity contribution in [3.63, 3.8) is 0 Å². The third kappa shape index (κ3) is 3.90. The van der Waals surface area contributed by atoms with Crippen LogP contribution < -0.4 is 14.8 Å². The summed E-state index contributed by atoms with van der Waals surface area (Å²) in [4.78, 5) is 23.0. The average molecular weight is 394 g/mol. The number of morpholine rings is 1. The van der Waals surface area contributed by atoms with Crippen LogP contribution in [0.15, 0.2) is 36.4 Å². The van der Waals surface area contributed by atoms with Gasteiger partial charge in [-0.05, 0) is 36.4 Å². The minimum Gasteiger partial charge on any atom is -0.486 e. The van der Waals surface area contributed by atoms with E-state index in [4.69, 9.17) is 14.2 Å². The summed E-state index contributed by atoms with van der Waals surface area (Å²) in [6.45, 7) is 5.11. The van der Waals surface area contributed by atoms with Gasteiger partial charge in [-0.1, -0.05) is 0 Å². The lowest BCUT2D eigenvalue weighted by atomic mass is 10.1. The number of anilines is 1. The van der Waals surface area contributed by atoms with Crippen LogP contribution in [0, 0.1) is 0 Å². The number of aromatic nitrogens is 2. The van der Waals surface area contributed by atoms with Crippen LogP contribution in [0.5, 0.6) is 11.5 Å². The predicted octanol–water partition coefficient (Wildman–Crippen LogP) is 2.42. The first-order valence-electron chi connectivity index (χ1n) is 9.74. The quantitative estimate of drug-likeness (QED) is 0.707. The van der Waals surface area contributed by atoms with E-state index >= 15 is 0 Å². The van der Waals surface area contributed by atoms with E-state index in [0.29, 0.717) is 36.0 Å². The summed E-state index contributed by atoms with van der Waals surface area (Å²) in [6.07, 6.45) is 0. The zero-order valence-electron chi connectivity index (χ0n) is 15.9. The maximum Gasteiger partial charge on any atom is 0.255 e. The highest BCUT2D eigenvalue weighted by molar-refractivity contribution is 6.05. The van der Waals surface area contributed by atoms with Crippen molar-refractivity contribution >= 4 is 22.6 Å². The Balaban J connectivity index is 1.30. The molecule has 0 atom stereocenters. The molecule has 1 aromatic heterocycles. The van der Waals surface area contributed by atoms with Crippen LogP contribution in [-0.4, -0.2) is 60.3 Å². The van der Waals surface area contributed by atoms with Crippen LogP contribution >= 0.6 is 0 Å². The lowest BCUT2D eigenvalue weighted by molar-refractivity contribution is 0.0332. The van der Waals surface area contributed by atoms with Gasteiger partial charge >= 0.3 is 0 Å². The summed E-state index contributed by atoms with van der Waals surface area (Å²) in [5.41, 5.74) is 3.00. The van der Waals surface area contributed by atoms with Crippen molar-refractivity contribution in [3.05, 3.63) is 47.8 Å². The van der Waals surface area contributed by atoms with E-state index in [9.17, 15) is 4.79 Å². The van der Waals surface area contributed by atoms with E-state index in [1.54, 1.807) is 18.2 Å². The van der Waals surface area contributed by atoms with Gasteiger partial charge < -0.3 is 24.5 Å². The summed E-state index contributed by atoms with van der Waals surface area (Å²) in [6, 6.07) is 10.9. The number of fused-ring (bicyclic) bond motifs is 2. The van der Waals surface area contributed by atoms with E-state index < -0.39 is 0 Å². The fourth-order valence-electron chi connectivity index (χ4n) is 3.57. The maximum atomic E-state index is 12.7. The lowest BCUT2D eigenvalue weighted by Crippen LogP contribution is -2.35. The number of rotatable bonds is 4. The second-order valence-electron chi connectivity index (χ2n) is 7.12. The summed E-state index contributed by atoms with van der Waals surface area (Å²) in [5, 5.41) is 2.94. The van der Waals surface area contributed by atoms with Crippen molar-refractivity contribution in [3.8, 4) is 11.5 Å². The summed E-state index contributed by atoms with van der Waals surface area (Å²) in [5.74, 6) is 1.98. The monoisotopic (exact) mass is 394 g/mol. The number of benzene rings is 2. The van der Waals surface area contributed by atoms with E-state index in [0.717, 1.165) is 49.7 Å². The van der Waals surface area contributed by atoms with Gasteiger partial charge in [0.25, 0.3) is 5.91 Å². The number of amides is 1. The number of hydrogen-bond acceptors (Lipinski definition) is 6. The van der Waals surface area contributed by atoms with E-state index in [1.807, 2.05) is 18.2 Å². The van der Waals surface area contributed by atoms with Crippen LogP contribution in [0.4, 0.5) is 5.69 Å². The molecule has 29 heavy (non-hydrogen) atoms.